The van der Waals surface area contributed by atoms with Gasteiger partial charge in [-0.25, -0.2) is 4.79 Å². The van der Waals surface area contributed by atoms with Gasteiger partial charge in [-0.05, 0) is 73.8 Å². The van der Waals surface area contributed by atoms with Crippen molar-refractivity contribution in [2.45, 2.75) is 108 Å². The Bertz CT molecular complexity index is 1480. The Morgan fingerprint density at radius 3 is 1.50 bits per heavy atom. The van der Waals surface area contributed by atoms with Crippen LogP contribution in [0.1, 0.15) is 96.3 Å². The minimum Gasteiger partial charge on any atom is -0.458 e. The maximum Gasteiger partial charge on any atom is 0.465 e. The van der Waals surface area contributed by atoms with Gasteiger partial charge >= 0.3 is 27.5 Å². The second kappa shape index (κ2) is 18.9. The molecule has 2 aromatic rings. The number of ether oxygens (including phenoxy) is 2. The van der Waals surface area contributed by atoms with E-state index in [1.165, 1.54) is 24.3 Å². The molecule has 2 aromatic carbocycles. The van der Waals surface area contributed by atoms with Gasteiger partial charge in [-0.15, -0.1) is 0 Å². The highest BCUT2D eigenvalue weighted by molar-refractivity contribution is 7.87. The van der Waals surface area contributed by atoms with Crippen molar-refractivity contribution >= 4 is 26.2 Å². The van der Waals surface area contributed by atoms with Crippen LogP contribution >= 0.6 is 0 Å². The molecular weight excluding hydrogens is 691 g/mol. The van der Waals surface area contributed by atoms with Crippen molar-refractivity contribution in [3.63, 3.8) is 0 Å². The SMILES string of the molecule is CCC(C)OCCOC(=O)C(F)(F)S(=O)(=O)O.CCC(C)c1ccc(C(C)(O)C(F)(F)F)cc1.CCC(C)c1ccc(S(=O)(=O)O)cc1. The van der Waals surface area contributed by atoms with Crippen LogP contribution in [-0.4, -0.2) is 67.8 Å². The summed E-state index contributed by atoms with van der Waals surface area (Å²) in [6, 6.07) is 12.3. The first-order valence-corrected chi connectivity index (χ1v) is 17.8. The van der Waals surface area contributed by atoms with Gasteiger partial charge in [0.25, 0.3) is 10.1 Å². The lowest BCUT2D eigenvalue weighted by Gasteiger charge is -2.27. The average Bonchev–Trinajstić information content (AvgIpc) is 3.01. The topological polar surface area (TPSA) is 164 Å². The number of halogens is 5. The van der Waals surface area contributed by atoms with Gasteiger partial charge in [0.2, 0.25) is 0 Å². The molecular formula is C31H45F5O10S2. The fourth-order valence-corrected chi connectivity index (χ4v) is 4.18. The molecule has 0 amide bonds. The fourth-order valence-electron chi connectivity index (χ4n) is 3.43. The highest BCUT2D eigenvalue weighted by atomic mass is 32.2. The Kier molecular flexibility index (Phi) is 17.8. The summed E-state index contributed by atoms with van der Waals surface area (Å²) in [6.45, 7) is 11.9. The van der Waals surface area contributed by atoms with Gasteiger partial charge in [-0.1, -0.05) is 71.0 Å². The van der Waals surface area contributed by atoms with E-state index in [-0.39, 0.29) is 23.2 Å². The van der Waals surface area contributed by atoms with E-state index in [4.69, 9.17) is 13.8 Å². The molecule has 0 aliphatic rings. The van der Waals surface area contributed by atoms with Gasteiger partial charge in [0.15, 0.2) is 5.60 Å². The zero-order chi connectivity index (χ0) is 37.7. The largest absolute Gasteiger partial charge is 0.465 e. The molecule has 0 fully saturated rings. The Morgan fingerprint density at radius 2 is 1.17 bits per heavy atom. The standard InChI is InChI=1S/C13H17F3O.C10H14O3S.C8H14F2O6S/c1-4-9(2)10-5-7-11(8-6-10)12(3,17)13(14,15)16;1-3-8(2)9-4-6-10(7-5-9)14(11,12)13;1-3-6(2)15-4-5-16-7(11)8(9,10)17(12,13)14/h5-9,17H,4H2,1-3H3;4-8H,3H2,1-2H3,(H,11,12,13);6H,3-5H2,1-2H3,(H,12,13,14). The van der Waals surface area contributed by atoms with Gasteiger partial charge in [-0.2, -0.15) is 38.8 Å². The maximum absolute atomic E-state index is 12.6. The molecule has 276 valence electrons. The molecule has 0 radical (unpaired) electrons. The van der Waals surface area contributed by atoms with E-state index in [9.17, 15) is 48.7 Å². The monoisotopic (exact) mass is 736 g/mol. The number of hydrogen-bond donors (Lipinski definition) is 3. The highest BCUT2D eigenvalue weighted by Crippen LogP contribution is 2.38. The minimum atomic E-state index is -5.81. The molecule has 0 bridgehead atoms. The summed E-state index contributed by atoms with van der Waals surface area (Å²) in [5.74, 6) is -1.61. The van der Waals surface area contributed by atoms with Gasteiger partial charge in [-0.3, -0.25) is 9.11 Å². The summed E-state index contributed by atoms with van der Waals surface area (Å²) in [5, 5.41) is 4.53. The summed E-state index contributed by atoms with van der Waals surface area (Å²) < 4.78 is 131. The predicted molar refractivity (Wildman–Crippen MR) is 169 cm³/mol. The van der Waals surface area contributed by atoms with Crippen LogP contribution in [0.5, 0.6) is 0 Å². The molecule has 10 nitrogen and oxygen atoms in total. The van der Waals surface area contributed by atoms with Crippen molar-refractivity contribution in [3.8, 4) is 0 Å². The summed E-state index contributed by atoms with van der Waals surface area (Å²) in [5.41, 5.74) is -0.854. The first kappa shape index (κ1) is 45.3. The third-order valence-corrected chi connectivity index (χ3v) is 9.10. The first-order chi connectivity index (χ1) is 21.8. The zero-order valence-corrected chi connectivity index (χ0v) is 29.4. The second-order valence-corrected chi connectivity index (χ2v) is 14.0. The molecule has 4 unspecified atom stereocenters. The van der Waals surface area contributed by atoms with Crippen molar-refractivity contribution in [1.29, 1.82) is 0 Å². The highest BCUT2D eigenvalue weighted by Gasteiger charge is 2.54. The number of benzene rings is 2. The molecule has 0 aliphatic carbocycles. The Hall–Kier alpha value is -2.70. The second-order valence-electron chi connectivity index (χ2n) is 11.1. The third kappa shape index (κ3) is 14.0. The molecule has 3 N–H and O–H groups in total. The van der Waals surface area contributed by atoms with E-state index in [1.54, 1.807) is 31.2 Å². The lowest BCUT2D eigenvalue weighted by molar-refractivity contribution is -0.258. The van der Waals surface area contributed by atoms with Crippen LogP contribution in [0, 0.1) is 0 Å². The lowest BCUT2D eigenvalue weighted by Crippen LogP contribution is -2.39. The van der Waals surface area contributed by atoms with Crippen LogP contribution in [0.3, 0.4) is 0 Å². The van der Waals surface area contributed by atoms with Gasteiger partial charge < -0.3 is 14.6 Å². The zero-order valence-electron chi connectivity index (χ0n) is 27.8. The summed E-state index contributed by atoms with van der Waals surface area (Å²) in [4.78, 5) is 10.6. The van der Waals surface area contributed by atoms with Crippen LogP contribution in [-0.2, 0) is 40.1 Å². The Labute approximate surface area is 279 Å². The summed E-state index contributed by atoms with van der Waals surface area (Å²) in [7, 11) is -9.86. The van der Waals surface area contributed by atoms with Gasteiger partial charge in [0, 0.05) is 0 Å². The van der Waals surface area contributed by atoms with Crippen molar-refractivity contribution in [3.05, 3.63) is 65.2 Å². The Morgan fingerprint density at radius 1 is 0.750 bits per heavy atom. The molecule has 0 heterocycles. The molecule has 0 aliphatic heterocycles. The van der Waals surface area contributed by atoms with E-state index in [0.29, 0.717) is 18.3 Å². The molecule has 48 heavy (non-hydrogen) atoms. The van der Waals surface area contributed by atoms with Gasteiger partial charge in [0.1, 0.15) is 6.61 Å². The average molecular weight is 737 g/mol. The van der Waals surface area contributed by atoms with Crippen LogP contribution in [0.2, 0.25) is 0 Å². The molecule has 17 heteroatoms. The van der Waals surface area contributed by atoms with Crippen LogP contribution in [0.25, 0.3) is 0 Å². The molecule has 4 atom stereocenters. The van der Waals surface area contributed by atoms with E-state index in [0.717, 1.165) is 30.9 Å². The van der Waals surface area contributed by atoms with E-state index < -0.39 is 49.8 Å². The summed E-state index contributed by atoms with van der Waals surface area (Å²) >= 11 is 0. The molecule has 2 rings (SSSR count). The molecule has 0 aromatic heterocycles. The van der Waals surface area contributed by atoms with Crippen LogP contribution in [0.15, 0.2) is 53.4 Å². The molecule has 0 saturated heterocycles. The van der Waals surface area contributed by atoms with Crippen LogP contribution in [0.4, 0.5) is 22.0 Å². The number of carbonyl (C=O) groups is 1. The van der Waals surface area contributed by atoms with E-state index in [1.807, 2.05) is 20.8 Å². The number of alkyl halides is 5. The predicted octanol–water partition coefficient (Wildman–Crippen LogP) is 7.24. The molecule has 0 saturated carbocycles. The van der Waals surface area contributed by atoms with Gasteiger partial charge in [0.05, 0.1) is 17.6 Å². The quantitative estimate of drug-likeness (QED) is 0.0826. The van der Waals surface area contributed by atoms with Crippen molar-refractivity contribution in [1.82, 2.24) is 0 Å². The fraction of sp³-hybridized carbons (Fsp3) is 0.581. The van der Waals surface area contributed by atoms with Crippen molar-refractivity contribution < 1.29 is 67.3 Å². The maximum atomic E-state index is 12.6. The van der Waals surface area contributed by atoms with E-state index >= 15 is 0 Å². The summed E-state index contributed by atoms with van der Waals surface area (Å²) in [6.07, 6.45) is -2.17. The number of esters is 1. The third-order valence-electron chi connectivity index (χ3n) is 7.42. The van der Waals surface area contributed by atoms with Crippen molar-refractivity contribution in [2.75, 3.05) is 13.2 Å². The normalized spacial score (nSPS) is 15.4. The lowest BCUT2D eigenvalue weighted by atomic mass is 9.91. The number of rotatable bonds is 13. The number of carbonyl (C=O) groups excluding carboxylic acids is 1. The number of aliphatic hydroxyl groups is 1. The van der Waals surface area contributed by atoms with Crippen molar-refractivity contribution in [2.24, 2.45) is 0 Å². The van der Waals surface area contributed by atoms with Crippen LogP contribution < -0.4 is 0 Å². The van der Waals surface area contributed by atoms with E-state index in [2.05, 4.69) is 18.6 Å². The minimum absolute atomic E-state index is 0.0513. The Balaban J connectivity index is 0.000000694. The number of hydrogen-bond acceptors (Lipinski definition) is 8. The molecule has 0 spiro atoms. The smallest absolute Gasteiger partial charge is 0.458 e. The first-order valence-electron chi connectivity index (χ1n) is 14.9.